The molecule has 1 aliphatic rings. The number of ether oxygens (including phenoxy) is 1. The molecule has 2 aromatic rings. The third-order valence-electron chi connectivity index (χ3n) is 7.78. The van der Waals surface area contributed by atoms with E-state index in [1.807, 2.05) is 17.1 Å². The molecule has 0 amide bonds. The van der Waals surface area contributed by atoms with Crippen molar-refractivity contribution in [3.8, 4) is 0 Å². The van der Waals surface area contributed by atoms with E-state index in [0.717, 1.165) is 36.0 Å². The number of aliphatic hydroxyl groups excluding tert-OH is 1. The van der Waals surface area contributed by atoms with E-state index in [-0.39, 0.29) is 18.8 Å². The Morgan fingerprint density at radius 3 is 2.24 bits per heavy atom. The Hall–Kier alpha value is -1.86. The lowest BCUT2D eigenvalue weighted by molar-refractivity contribution is -0.0765. The van der Waals surface area contributed by atoms with Crippen LogP contribution >= 0.6 is 19.6 Å². The summed E-state index contributed by atoms with van der Waals surface area (Å²) in [5.41, 5.74) is -0.868. The van der Waals surface area contributed by atoms with Crippen LogP contribution in [0.5, 0.6) is 0 Å². The summed E-state index contributed by atoms with van der Waals surface area (Å²) >= 11 is 1.64. The summed E-state index contributed by atoms with van der Waals surface area (Å²) in [7, 11) is -4.44. The van der Waals surface area contributed by atoms with Crippen molar-refractivity contribution in [2.75, 3.05) is 18.1 Å². The molecule has 3 N–H and O–H groups in total. The van der Waals surface area contributed by atoms with Crippen molar-refractivity contribution in [3.63, 3.8) is 0 Å². The van der Waals surface area contributed by atoms with Crippen LogP contribution in [0.25, 0.3) is 0 Å². The largest absolute Gasteiger partial charge is 0.472 e. The van der Waals surface area contributed by atoms with Crippen molar-refractivity contribution in [2.45, 2.75) is 115 Å². The number of rotatable bonds is 22. The SMILES string of the molecule is C[C@@H](OP(=O)(O)OCCSCCCCCCCCCCCCCc1ccc(F)cc1)[C@H]1O[C@@H](n2cc(F)c(=O)[nH]c2=O)C[C@@H]1O. The monoisotopic (exact) mass is 676 g/mol. The van der Waals surface area contributed by atoms with Crippen molar-refractivity contribution in [1.29, 1.82) is 0 Å². The van der Waals surface area contributed by atoms with Gasteiger partial charge in [-0.1, -0.05) is 69.9 Å². The fourth-order valence-electron chi connectivity index (χ4n) is 5.34. The highest BCUT2D eigenvalue weighted by atomic mass is 32.2. The minimum atomic E-state index is -4.44. The number of benzene rings is 1. The van der Waals surface area contributed by atoms with Gasteiger partial charge in [-0.25, -0.2) is 13.8 Å². The molecule has 10 nitrogen and oxygen atoms in total. The Morgan fingerprint density at radius 2 is 1.60 bits per heavy atom. The third kappa shape index (κ3) is 13.8. The van der Waals surface area contributed by atoms with E-state index in [0.29, 0.717) is 11.9 Å². The number of halogens is 2. The zero-order chi connectivity index (χ0) is 32.7. The van der Waals surface area contributed by atoms with E-state index in [4.69, 9.17) is 13.8 Å². The number of aromatic amines is 1. The molecule has 3 rings (SSSR count). The molecule has 1 saturated heterocycles. The summed E-state index contributed by atoms with van der Waals surface area (Å²) in [6, 6.07) is 6.79. The number of aromatic nitrogens is 2. The lowest BCUT2D eigenvalue weighted by Gasteiger charge is -2.24. The molecular formula is C31H47F2N2O8PS. The van der Waals surface area contributed by atoms with E-state index >= 15 is 0 Å². The van der Waals surface area contributed by atoms with Gasteiger partial charge in [0, 0.05) is 12.2 Å². The predicted octanol–water partition coefficient (Wildman–Crippen LogP) is 6.25. The van der Waals surface area contributed by atoms with Crippen LogP contribution in [0.15, 0.2) is 40.1 Å². The number of hydrogen-bond acceptors (Lipinski definition) is 8. The molecule has 1 fully saturated rings. The standard InChI is InChI=1S/C31H47F2N2O8PS/c1-23(29-27(36)21-28(42-29)35-22-26(33)30(37)34-31(35)38)43-44(39,40)41-18-20-45-19-12-10-8-6-4-2-3-5-7-9-11-13-24-14-16-25(32)17-15-24/h14-17,22-23,27-29,36H,2-13,18-21H2,1H3,(H,39,40)(H,34,37,38)/t23-,27+,28-,29-/m1/s1. The Morgan fingerprint density at radius 1 is 1.00 bits per heavy atom. The average Bonchev–Trinajstić information content (AvgIpc) is 3.38. The molecule has 1 aromatic carbocycles. The average molecular weight is 677 g/mol. The summed E-state index contributed by atoms with van der Waals surface area (Å²) in [4.78, 5) is 35.2. The molecule has 5 atom stereocenters. The molecule has 45 heavy (non-hydrogen) atoms. The minimum Gasteiger partial charge on any atom is -0.390 e. The number of hydrogen-bond donors (Lipinski definition) is 3. The Balaban J connectivity index is 1.14. The summed E-state index contributed by atoms with van der Waals surface area (Å²) in [6.45, 7) is 1.44. The fraction of sp³-hybridized carbons (Fsp3) is 0.677. The van der Waals surface area contributed by atoms with Gasteiger partial charge in [-0.15, -0.1) is 0 Å². The van der Waals surface area contributed by atoms with Gasteiger partial charge in [0.2, 0.25) is 5.82 Å². The molecule has 1 unspecified atom stereocenters. The minimum absolute atomic E-state index is 0.0140. The molecule has 254 valence electrons. The van der Waals surface area contributed by atoms with Gasteiger partial charge in [0.05, 0.1) is 25.0 Å². The number of aliphatic hydroxyl groups is 1. The number of nitrogens with one attached hydrogen (secondary N) is 1. The molecule has 0 saturated carbocycles. The highest BCUT2D eigenvalue weighted by Gasteiger charge is 2.42. The van der Waals surface area contributed by atoms with Crippen LogP contribution in [0.1, 0.15) is 95.8 Å². The molecule has 2 heterocycles. The van der Waals surface area contributed by atoms with Crippen LogP contribution in [0.3, 0.4) is 0 Å². The number of phosphoric acid groups is 1. The van der Waals surface area contributed by atoms with Gasteiger partial charge in [0.15, 0.2) is 0 Å². The van der Waals surface area contributed by atoms with Crippen LogP contribution in [0.4, 0.5) is 8.78 Å². The Labute approximate surface area is 267 Å². The van der Waals surface area contributed by atoms with Crippen molar-refractivity contribution in [3.05, 3.63) is 68.5 Å². The van der Waals surface area contributed by atoms with Gasteiger partial charge in [0.25, 0.3) is 5.56 Å². The van der Waals surface area contributed by atoms with Gasteiger partial charge in [-0.05, 0) is 49.6 Å². The number of phosphoric ester groups is 1. The van der Waals surface area contributed by atoms with E-state index in [1.165, 1.54) is 76.0 Å². The first kappa shape index (κ1) is 37.6. The van der Waals surface area contributed by atoms with Gasteiger partial charge in [-0.3, -0.25) is 23.4 Å². The van der Waals surface area contributed by atoms with Gasteiger partial charge >= 0.3 is 13.5 Å². The molecule has 0 aliphatic carbocycles. The molecule has 0 spiro atoms. The highest BCUT2D eigenvalue weighted by Crippen LogP contribution is 2.46. The maximum absolute atomic E-state index is 13.6. The molecule has 1 aliphatic heterocycles. The molecule has 14 heteroatoms. The predicted molar refractivity (Wildman–Crippen MR) is 170 cm³/mol. The fourth-order valence-corrected chi connectivity index (χ4v) is 7.20. The van der Waals surface area contributed by atoms with Crippen LogP contribution in [0, 0.1) is 11.6 Å². The van der Waals surface area contributed by atoms with Gasteiger partial charge in [0.1, 0.15) is 18.1 Å². The summed E-state index contributed by atoms with van der Waals surface area (Å²) in [6.07, 6.45) is 10.5. The van der Waals surface area contributed by atoms with Crippen molar-refractivity contribution in [2.24, 2.45) is 0 Å². The summed E-state index contributed by atoms with van der Waals surface area (Å²) in [5, 5.41) is 10.4. The quantitative estimate of drug-likeness (QED) is 0.0975. The zero-order valence-corrected chi connectivity index (χ0v) is 27.6. The van der Waals surface area contributed by atoms with E-state index < -0.39 is 49.4 Å². The normalized spacial score (nSPS) is 20.3. The zero-order valence-electron chi connectivity index (χ0n) is 25.9. The number of thioether (sulfide) groups is 1. The second-order valence-electron chi connectivity index (χ2n) is 11.5. The maximum Gasteiger partial charge on any atom is 0.472 e. The van der Waals surface area contributed by atoms with Crippen molar-refractivity contribution < 1.29 is 37.1 Å². The highest BCUT2D eigenvalue weighted by molar-refractivity contribution is 7.99. The van der Waals surface area contributed by atoms with Crippen LogP contribution in [-0.4, -0.2) is 56.0 Å². The first-order chi connectivity index (χ1) is 21.6. The van der Waals surface area contributed by atoms with Crippen molar-refractivity contribution >= 4 is 19.6 Å². The molecule has 0 radical (unpaired) electrons. The van der Waals surface area contributed by atoms with Crippen molar-refractivity contribution in [1.82, 2.24) is 9.55 Å². The molecule has 1 aromatic heterocycles. The summed E-state index contributed by atoms with van der Waals surface area (Å²) < 4.78 is 55.6. The maximum atomic E-state index is 13.6. The van der Waals surface area contributed by atoms with E-state index in [1.54, 1.807) is 11.8 Å². The lowest BCUT2D eigenvalue weighted by Crippen LogP contribution is -2.35. The molecule has 0 bridgehead atoms. The first-order valence-electron chi connectivity index (χ1n) is 15.9. The topological polar surface area (TPSA) is 140 Å². The van der Waals surface area contributed by atoms with Gasteiger partial charge < -0.3 is 14.7 Å². The third-order valence-corrected chi connectivity index (χ3v) is 9.92. The first-order valence-corrected chi connectivity index (χ1v) is 18.5. The summed E-state index contributed by atoms with van der Waals surface area (Å²) in [5.74, 6) is 0.0948. The number of aryl methyl sites for hydroxylation is 1. The molecular weight excluding hydrogens is 629 g/mol. The Bertz CT molecular complexity index is 1310. The number of nitrogens with zero attached hydrogens (tertiary/aromatic N) is 1. The van der Waals surface area contributed by atoms with Crippen LogP contribution in [0.2, 0.25) is 0 Å². The number of unbranched alkanes of at least 4 members (excludes halogenated alkanes) is 10. The van der Waals surface area contributed by atoms with Crippen LogP contribution in [-0.2, 0) is 24.8 Å². The van der Waals surface area contributed by atoms with Gasteiger partial charge in [-0.2, -0.15) is 16.2 Å². The second-order valence-corrected chi connectivity index (χ2v) is 14.1. The number of H-pyrrole nitrogens is 1. The van der Waals surface area contributed by atoms with E-state index in [2.05, 4.69) is 0 Å². The lowest BCUT2D eigenvalue weighted by atomic mass is 10.0. The second kappa shape index (κ2) is 19.7. The van der Waals surface area contributed by atoms with E-state index in [9.17, 15) is 32.9 Å². The smallest absolute Gasteiger partial charge is 0.390 e. The Kier molecular flexibility index (Phi) is 16.5. The van der Waals surface area contributed by atoms with Crippen LogP contribution < -0.4 is 11.2 Å².